The second-order valence-electron chi connectivity index (χ2n) is 4.88. The number of likely N-dealkylation sites (tertiary alicyclic amines) is 1. The van der Waals surface area contributed by atoms with Crippen molar-refractivity contribution < 1.29 is 4.92 Å². The molecule has 0 aliphatic carbocycles. The minimum atomic E-state index is -0.303. The molecule has 98 valence electrons. The number of nitro benzene ring substituents is 1. The number of benzene rings is 1. The Hall–Kier alpha value is -1.46. The maximum atomic E-state index is 11.0. The Morgan fingerprint density at radius 1 is 1.56 bits per heavy atom. The highest BCUT2D eigenvalue weighted by Crippen LogP contribution is 2.32. The third kappa shape index (κ3) is 2.52. The molecular weight excluding hydrogens is 230 g/mol. The van der Waals surface area contributed by atoms with Gasteiger partial charge in [-0.2, -0.15) is 0 Å². The zero-order chi connectivity index (χ0) is 13.1. The molecule has 0 bridgehead atoms. The topological polar surface area (TPSA) is 72.4 Å². The third-order valence-corrected chi connectivity index (χ3v) is 3.78. The summed E-state index contributed by atoms with van der Waals surface area (Å²) in [5.41, 5.74) is 6.68. The second-order valence-corrected chi connectivity index (χ2v) is 4.88. The molecule has 1 aromatic carbocycles. The molecule has 0 amide bonds. The summed E-state index contributed by atoms with van der Waals surface area (Å²) in [7, 11) is 0. The van der Waals surface area contributed by atoms with Gasteiger partial charge in [-0.15, -0.1) is 0 Å². The summed E-state index contributed by atoms with van der Waals surface area (Å²) < 4.78 is 0. The predicted octanol–water partition coefficient (Wildman–Crippen LogP) is 1.94. The largest absolute Gasteiger partial charge is 0.330 e. The summed E-state index contributed by atoms with van der Waals surface area (Å²) in [6, 6.07) is 7.06. The zero-order valence-corrected chi connectivity index (χ0v) is 10.6. The fourth-order valence-corrected chi connectivity index (χ4v) is 2.61. The molecule has 0 radical (unpaired) electrons. The standard InChI is InChI=1S/C13H19N3O2/c1-10(15-7-6-11(8-14)9-15)12-4-2-3-5-13(12)16(17)18/h2-5,10-11H,6-9,14H2,1H3. The van der Waals surface area contributed by atoms with Crippen LogP contribution in [0.4, 0.5) is 5.69 Å². The Bertz CT molecular complexity index is 436. The molecule has 2 unspecified atom stereocenters. The summed E-state index contributed by atoms with van der Waals surface area (Å²) >= 11 is 0. The first-order chi connectivity index (χ1) is 8.63. The molecule has 2 rings (SSSR count). The SMILES string of the molecule is CC(c1ccccc1[N+](=O)[O-])N1CCC(CN)C1. The van der Waals surface area contributed by atoms with Crippen LogP contribution in [0.1, 0.15) is 24.9 Å². The minimum Gasteiger partial charge on any atom is -0.330 e. The van der Waals surface area contributed by atoms with Gasteiger partial charge in [0, 0.05) is 24.2 Å². The first kappa shape index (κ1) is 13.0. The van der Waals surface area contributed by atoms with E-state index in [4.69, 9.17) is 5.73 Å². The first-order valence-corrected chi connectivity index (χ1v) is 6.31. The van der Waals surface area contributed by atoms with E-state index < -0.39 is 0 Å². The van der Waals surface area contributed by atoms with E-state index >= 15 is 0 Å². The van der Waals surface area contributed by atoms with Crippen molar-refractivity contribution in [2.45, 2.75) is 19.4 Å². The van der Waals surface area contributed by atoms with Gasteiger partial charge in [0.2, 0.25) is 0 Å². The van der Waals surface area contributed by atoms with Crippen LogP contribution in [0.2, 0.25) is 0 Å². The van der Waals surface area contributed by atoms with Crippen LogP contribution in [0.3, 0.4) is 0 Å². The van der Waals surface area contributed by atoms with Gasteiger partial charge in [-0.3, -0.25) is 15.0 Å². The van der Waals surface area contributed by atoms with Gasteiger partial charge in [-0.25, -0.2) is 0 Å². The van der Waals surface area contributed by atoms with Crippen LogP contribution in [-0.2, 0) is 0 Å². The third-order valence-electron chi connectivity index (χ3n) is 3.78. The molecule has 2 N–H and O–H groups in total. The normalized spacial score (nSPS) is 22.0. The zero-order valence-electron chi connectivity index (χ0n) is 10.6. The number of nitrogens with zero attached hydrogens (tertiary/aromatic N) is 2. The van der Waals surface area contributed by atoms with Crippen molar-refractivity contribution in [2.24, 2.45) is 11.7 Å². The van der Waals surface area contributed by atoms with Crippen LogP contribution in [0.5, 0.6) is 0 Å². The lowest BCUT2D eigenvalue weighted by atomic mass is 10.0. The smallest absolute Gasteiger partial charge is 0.274 e. The average molecular weight is 249 g/mol. The molecule has 1 aliphatic heterocycles. The molecule has 18 heavy (non-hydrogen) atoms. The van der Waals surface area contributed by atoms with Crippen molar-refractivity contribution in [3.8, 4) is 0 Å². The molecular formula is C13H19N3O2. The Labute approximate surface area is 107 Å². The Morgan fingerprint density at radius 2 is 2.28 bits per heavy atom. The number of nitro groups is 1. The van der Waals surface area contributed by atoms with Crippen LogP contribution < -0.4 is 5.73 Å². The predicted molar refractivity (Wildman–Crippen MR) is 70.2 cm³/mol. The molecule has 1 fully saturated rings. The van der Waals surface area contributed by atoms with E-state index in [0.717, 1.165) is 25.1 Å². The first-order valence-electron chi connectivity index (χ1n) is 6.31. The number of hydrogen-bond acceptors (Lipinski definition) is 4. The van der Waals surface area contributed by atoms with Crippen LogP contribution in [-0.4, -0.2) is 29.5 Å². The van der Waals surface area contributed by atoms with Crippen molar-refractivity contribution in [3.63, 3.8) is 0 Å². The molecule has 0 spiro atoms. The Balaban J connectivity index is 2.19. The summed E-state index contributed by atoms with van der Waals surface area (Å²) in [6.07, 6.45) is 1.08. The fraction of sp³-hybridized carbons (Fsp3) is 0.538. The van der Waals surface area contributed by atoms with E-state index in [1.165, 1.54) is 0 Å². The second kappa shape index (κ2) is 5.46. The number of hydrogen-bond donors (Lipinski definition) is 1. The van der Waals surface area contributed by atoms with Gasteiger partial charge < -0.3 is 5.73 Å². The van der Waals surface area contributed by atoms with Gasteiger partial charge in [0.15, 0.2) is 0 Å². The quantitative estimate of drug-likeness (QED) is 0.653. The Kier molecular flexibility index (Phi) is 3.93. The van der Waals surface area contributed by atoms with Gasteiger partial charge in [-0.05, 0) is 32.4 Å². The van der Waals surface area contributed by atoms with Gasteiger partial charge in [0.1, 0.15) is 0 Å². The van der Waals surface area contributed by atoms with E-state index in [-0.39, 0.29) is 16.7 Å². The average Bonchev–Trinajstić information content (AvgIpc) is 2.86. The van der Waals surface area contributed by atoms with E-state index in [1.54, 1.807) is 12.1 Å². The summed E-state index contributed by atoms with van der Waals surface area (Å²) in [6.45, 7) is 4.63. The van der Waals surface area contributed by atoms with Crippen molar-refractivity contribution in [2.75, 3.05) is 19.6 Å². The molecule has 5 nitrogen and oxygen atoms in total. The molecule has 1 aromatic rings. The maximum Gasteiger partial charge on any atom is 0.274 e. The van der Waals surface area contributed by atoms with Crippen molar-refractivity contribution in [1.82, 2.24) is 4.90 Å². The lowest BCUT2D eigenvalue weighted by Crippen LogP contribution is -2.26. The summed E-state index contributed by atoms with van der Waals surface area (Å²) in [5, 5.41) is 11.0. The summed E-state index contributed by atoms with van der Waals surface area (Å²) in [4.78, 5) is 13.0. The van der Waals surface area contributed by atoms with Gasteiger partial charge in [0.05, 0.1) is 4.92 Å². The highest BCUT2D eigenvalue weighted by atomic mass is 16.6. The number of nitrogens with two attached hydrogens (primary N) is 1. The van der Waals surface area contributed by atoms with Crippen molar-refractivity contribution >= 4 is 5.69 Å². The van der Waals surface area contributed by atoms with Crippen LogP contribution in [0.15, 0.2) is 24.3 Å². The highest BCUT2D eigenvalue weighted by Gasteiger charge is 2.29. The molecule has 1 heterocycles. The van der Waals surface area contributed by atoms with Crippen molar-refractivity contribution in [1.29, 1.82) is 0 Å². The molecule has 5 heteroatoms. The number of para-hydroxylation sites is 1. The Morgan fingerprint density at radius 3 is 2.89 bits per heavy atom. The van der Waals surface area contributed by atoms with E-state index in [9.17, 15) is 10.1 Å². The van der Waals surface area contributed by atoms with E-state index in [2.05, 4.69) is 4.90 Å². The molecule has 2 atom stereocenters. The number of rotatable bonds is 4. The van der Waals surface area contributed by atoms with Crippen molar-refractivity contribution in [3.05, 3.63) is 39.9 Å². The van der Waals surface area contributed by atoms with Crippen LogP contribution in [0, 0.1) is 16.0 Å². The molecule has 1 aliphatic rings. The lowest BCUT2D eigenvalue weighted by Gasteiger charge is -2.24. The lowest BCUT2D eigenvalue weighted by molar-refractivity contribution is -0.385. The van der Waals surface area contributed by atoms with E-state index in [0.29, 0.717) is 12.5 Å². The maximum absolute atomic E-state index is 11.0. The van der Waals surface area contributed by atoms with E-state index in [1.807, 2.05) is 19.1 Å². The summed E-state index contributed by atoms with van der Waals surface area (Å²) in [5.74, 6) is 0.523. The molecule has 0 saturated carbocycles. The van der Waals surface area contributed by atoms with Gasteiger partial charge in [0.25, 0.3) is 5.69 Å². The molecule has 0 aromatic heterocycles. The highest BCUT2D eigenvalue weighted by molar-refractivity contribution is 5.41. The van der Waals surface area contributed by atoms with Crippen LogP contribution in [0.25, 0.3) is 0 Å². The van der Waals surface area contributed by atoms with Gasteiger partial charge >= 0.3 is 0 Å². The van der Waals surface area contributed by atoms with Crippen LogP contribution >= 0.6 is 0 Å². The monoisotopic (exact) mass is 249 g/mol. The molecule has 1 saturated heterocycles. The minimum absolute atomic E-state index is 0.0724. The van der Waals surface area contributed by atoms with Gasteiger partial charge in [-0.1, -0.05) is 18.2 Å². The fourth-order valence-electron chi connectivity index (χ4n) is 2.61.